The van der Waals surface area contributed by atoms with Gasteiger partial charge in [-0.25, -0.2) is 0 Å². The van der Waals surface area contributed by atoms with Crippen LogP contribution < -0.4 is 0 Å². The largest absolute Gasteiger partial charge is 0.618 e. The van der Waals surface area contributed by atoms with E-state index in [-0.39, 0.29) is 0 Å². The molecule has 0 amide bonds. The van der Waals surface area contributed by atoms with E-state index in [2.05, 4.69) is 0 Å². The van der Waals surface area contributed by atoms with Crippen molar-refractivity contribution in [2.24, 2.45) is 0 Å². The van der Waals surface area contributed by atoms with Gasteiger partial charge >= 0.3 is 0 Å². The molecule has 2 aromatic carbocycles. The zero-order valence-corrected chi connectivity index (χ0v) is 9.21. The molecule has 0 atom stereocenters. The van der Waals surface area contributed by atoms with Gasteiger partial charge in [-0.15, -0.1) is 0 Å². The van der Waals surface area contributed by atoms with Gasteiger partial charge in [0, 0.05) is 6.08 Å². The van der Waals surface area contributed by atoms with E-state index in [1.165, 1.54) is 0 Å². The molecular weight excluding hydrogens is 210 g/mol. The Morgan fingerprint density at radius 3 is 2.41 bits per heavy atom. The molecule has 17 heavy (non-hydrogen) atoms. The highest BCUT2D eigenvalue weighted by atomic mass is 16.5. The van der Waals surface area contributed by atoms with Gasteiger partial charge in [-0.05, 0) is 17.7 Å². The van der Waals surface area contributed by atoms with Crippen LogP contribution in [0.1, 0.15) is 16.7 Å². The lowest BCUT2D eigenvalue weighted by Gasteiger charge is -2.01. The number of rotatable bonds is 1. The van der Waals surface area contributed by atoms with Gasteiger partial charge in [0.05, 0.1) is 11.1 Å². The minimum absolute atomic E-state index is 0.701. The predicted octanol–water partition coefficient (Wildman–Crippen LogP) is 3.13. The molecule has 82 valence electrons. The van der Waals surface area contributed by atoms with E-state index in [4.69, 9.17) is 0 Å². The SMILES string of the molecule is [O-][N+]1=Cc2ccccc2C1=Cc1ccccc1. The zero-order valence-electron chi connectivity index (χ0n) is 9.21. The number of nitrogens with zero attached hydrogens (tertiary/aromatic N) is 1. The lowest BCUT2D eigenvalue weighted by atomic mass is 10.1. The maximum absolute atomic E-state index is 11.8. The first-order valence-electron chi connectivity index (χ1n) is 5.52. The summed E-state index contributed by atoms with van der Waals surface area (Å²) in [4.78, 5) is 0. The number of fused-ring (bicyclic) bond motifs is 1. The van der Waals surface area contributed by atoms with Gasteiger partial charge in [-0.2, -0.15) is 4.74 Å². The van der Waals surface area contributed by atoms with Crippen LogP contribution in [0, 0.1) is 5.21 Å². The second-order valence-corrected chi connectivity index (χ2v) is 3.98. The topological polar surface area (TPSA) is 26.1 Å². The third kappa shape index (κ3) is 1.74. The van der Waals surface area contributed by atoms with Crippen molar-refractivity contribution in [1.82, 2.24) is 0 Å². The quantitative estimate of drug-likeness (QED) is 0.536. The van der Waals surface area contributed by atoms with E-state index in [1.807, 2.05) is 60.7 Å². The van der Waals surface area contributed by atoms with Gasteiger partial charge in [0.1, 0.15) is 0 Å². The maximum atomic E-state index is 11.8. The third-order valence-corrected chi connectivity index (χ3v) is 2.83. The average Bonchev–Trinajstić information content (AvgIpc) is 2.68. The summed E-state index contributed by atoms with van der Waals surface area (Å²) in [7, 11) is 0. The van der Waals surface area contributed by atoms with Gasteiger partial charge in [0.15, 0.2) is 6.21 Å². The first-order chi connectivity index (χ1) is 8.34. The summed E-state index contributed by atoms with van der Waals surface area (Å²) < 4.78 is 0.928. The highest BCUT2D eigenvalue weighted by Crippen LogP contribution is 2.26. The monoisotopic (exact) mass is 221 g/mol. The molecule has 0 radical (unpaired) electrons. The number of hydrogen-bond acceptors (Lipinski definition) is 1. The Morgan fingerprint density at radius 2 is 1.59 bits per heavy atom. The van der Waals surface area contributed by atoms with Crippen molar-refractivity contribution in [3.8, 4) is 0 Å². The van der Waals surface area contributed by atoms with Crippen molar-refractivity contribution < 1.29 is 4.74 Å². The summed E-state index contributed by atoms with van der Waals surface area (Å²) >= 11 is 0. The summed E-state index contributed by atoms with van der Waals surface area (Å²) in [6.07, 6.45) is 3.53. The van der Waals surface area contributed by atoms with Crippen LogP contribution in [0.4, 0.5) is 0 Å². The van der Waals surface area contributed by atoms with E-state index in [9.17, 15) is 5.21 Å². The van der Waals surface area contributed by atoms with Crippen LogP contribution in [-0.4, -0.2) is 11.0 Å². The Hall–Kier alpha value is -2.35. The third-order valence-electron chi connectivity index (χ3n) is 2.83. The van der Waals surface area contributed by atoms with Gasteiger partial charge in [0.25, 0.3) is 0 Å². The molecule has 2 heteroatoms. The lowest BCUT2D eigenvalue weighted by molar-refractivity contribution is -0.339. The molecule has 0 N–H and O–H groups in total. The second-order valence-electron chi connectivity index (χ2n) is 3.98. The molecule has 0 unspecified atom stereocenters. The van der Waals surface area contributed by atoms with Crippen LogP contribution in [0.5, 0.6) is 0 Å². The summed E-state index contributed by atoms with van der Waals surface area (Å²) in [5.41, 5.74) is 3.70. The van der Waals surface area contributed by atoms with Gasteiger partial charge in [-0.3, -0.25) is 0 Å². The van der Waals surface area contributed by atoms with Crippen molar-refractivity contribution in [2.75, 3.05) is 0 Å². The van der Waals surface area contributed by atoms with Crippen molar-refractivity contribution in [2.45, 2.75) is 0 Å². The Kier molecular flexibility index (Phi) is 2.26. The van der Waals surface area contributed by atoms with Crippen LogP contribution in [0.25, 0.3) is 11.8 Å². The van der Waals surface area contributed by atoms with E-state index >= 15 is 0 Å². The Balaban J connectivity index is 2.11. The summed E-state index contributed by atoms with van der Waals surface area (Å²) in [5.74, 6) is 0. The summed E-state index contributed by atoms with van der Waals surface area (Å²) in [5, 5.41) is 11.8. The highest BCUT2D eigenvalue weighted by molar-refractivity contribution is 5.94. The standard InChI is InChI=1S/C15H11NO/c17-16-11-13-8-4-5-9-14(13)15(16)10-12-6-2-1-3-7-12/h1-11H. The fraction of sp³-hybridized carbons (Fsp3) is 0. The van der Waals surface area contributed by atoms with E-state index in [0.29, 0.717) is 5.70 Å². The van der Waals surface area contributed by atoms with Crippen LogP contribution in [0.15, 0.2) is 54.6 Å². The molecule has 1 aliphatic heterocycles. The van der Waals surface area contributed by atoms with Crippen molar-refractivity contribution in [3.05, 3.63) is 76.5 Å². The second kappa shape index (κ2) is 3.91. The molecule has 0 saturated heterocycles. The summed E-state index contributed by atoms with van der Waals surface area (Å²) in [6, 6.07) is 17.7. The average molecular weight is 221 g/mol. The molecule has 1 heterocycles. The van der Waals surface area contributed by atoms with Crippen LogP contribution >= 0.6 is 0 Å². The first kappa shape index (κ1) is 9.85. The Bertz CT molecular complexity index is 612. The molecule has 1 aliphatic rings. The summed E-state index contributed by atoms with van der Waals surface area (Å²) in [6.45, 7) is 0. The molecule has 2 nitrogen and oxygen atoms in total. The minimum Gasteiger partial charge on any atom is -0.618 e. The molecule has 0 fully saturated rings. The molecule has 0 saturated carbocycles. The van der Waals surface area contributed by atoms with E-state index < -0.39 is 0 Å². The number of hydroxylamine groups is 1. The molecule has 2 aromatic rings. The van der Waals surface area contributed by atoms with Gasteiger partial charge in [0.2, 0.25) is 5.70 Å². The number of benzene rings is 2. The molecule has 0 aromatic heterocycles. The fourth-order valence-electron chi connectivity index (χ4n) is 2.01. The van der Waals surface area contributed by atoms with Crippen LogP contribution in [0.3, 0.4) is 0 Å². The highest BCUT2D eigenvalue weighted by Gasteiger charge is 2.21. The maximum Gasteiger partial charge on any atom is 0.225 e. The molecule has 0 aliphatic carbocycles. The predicted molar refractivity (Wildman–Crippen MR) is 69.5 cm³/mol. The van der Waals surface area contributed by atoms with E-state index in [1.54, 1.807) is 6.21 Å². The fourth-order valence-corrected chi connectivity index (χ4v) is 2.01. The normalized spacial score (nSPS) is 15.8. The lowest BCUT2D eigenvalue weighted by Crippen LogP contribution is -1.94. The first-order valence-corrected chi connectivity index (χ1v) is 5.52. The Labute approximate surface area is 99.7 Å². The smallest absolute Gasteiger partial charge is 0.225 e. The van der Waals surface area contributed by atoms with Crippen LogP contribution in [0.2, 0.25) is 0 Å². The zero-order chi connectivity index (χ0) is 11.7. The Morgan fingerprint density at radius 1 is 0.882 bits per heavy atom. The van der Waals surface area contributed by atoms with Crippen molar-refractivity contribution >= 4 is 18.0 Å². The van der Waals surface area contributed by atoms with Crippen molar-refractivity contribution in [3.63, 3.8) is 0 Å². The van der Waals surface area contributed by atoms with E-state index in [0.717, 1.165) is 21.4 Å². The molecule has 3 rings (SSSR count). The van der Waals surface area contributed by atoms with Gasteiger partial charge in [-0.1, -0.05) is 42.5 Å². The van der Waals surface area contributed by atoms with Gasteiger partial charge < -0.3 is 5.21 Å². The molecule has 0 spiro atoms. The molecular formula is C15H11NO. The molecule has 0 bridgehead atoms. The van der Waals surface area contributed by atoms with Crippen LogP contribution in [-0.2, 0) is 0 Å². The minimum atomic E-state index is 0.701. The number of hydrogen-bond donors (Lipinski definition) is 0. The van der Waals surface area contributed by atoms with Crippen molar-refractivity contribution in [1.29, 1.82) is 0 Å².